The van der Waals surface area contributed by atoms with Crippen LogP contribution in [0.2, 0.25) is 0 Å². The molecule has 9 heavy (non-hydrogen) atoms. The van der Waals surface area contributed by atoms with E-state index in [1.54, 1.807) is 11.6 Å². The van der Waals surface area contributed by atoms with E-state index >= 15 is 0 Å². The van der Waals surface area contributed by atoms with Crippen molar-refractivity contribution in [1.82, 2.24) is 0 Å². The van der Waals surface area contributed by atoms with Crippen LogP contribution in [0.4, 0.5) is 0 Å². The fourth-order valence-corrected chi connectivity index (χ4v) is 0.507. The van der Waals surface area contributed by atoms with E-state index in [-0.39, 0.29) is 5.76 Å². The van der Waals surface area contributed by atoms with Gasteiger partial charge in [0.2, 0.25) is 6.20 Å². The van der Waals surface area contributed by atoms with Gasteiger partial charge in [0, 0.05) is 0 Å². The summed E-state index contributed by atoms with van der Waals surface area (Å²) in [5.41, 5.74) is 4.88. The lowest BCUT2D eigenvalue weighted by Crippen LogP contribution is -2.23. The van der Waals surface area contributed by atoms with E-state index in [4.69, 9.17) is 10.2 Å². The number of carbonyl (C=O) groups is 1. The molecule has 1 heterocycles. The molecule has 4 heteroatoms. The molecule has 4 nitrogen and oxygen atoms in total. The Bertz CT molecular complexity index is 229. The van der Waals surface area contributed by atoms with Crippen molar-refractivity contribution in [2.24, 2.45) is 12.8 Å². The minimum Gasteiger partial charge on any atom is -0.398 e. The number of hydrogen-bond acceptors (Lipinski definition) is 2. The summed E-state index contributed by atoms with van der Waals surface area (Å²) in [6, 6.07) is 0. The van der Waals surface area contributed by atoms with Gasteiger partial charge in [-0.3, -0.25) is 4.79 Å². The Labute approximate surface area is 51.9 Å². The van der Waals surface area contributed by atoms with E-state index in [1.165, 1.54) is 12.6 Å². The van der Waals surface area contributed by atoms with Crippen molar-refractivity contribution in [2.75, 3.05) is 0 Å². The maximum atomic E-state index is 10.3. The molecule has 1 amide bonds. The van der Waals surface area contributed by atoms with Crippen LogP contribution in [0.25, 0.3) is 0 Å². The van der Waals surface area contributed by atoms with Crippen molar-refractivity contribution in [3.05, 3.63) is 18.4 Å². The molecule has 1 rings (SSSR count). The third kappa shape index (κ3) is 1.07. The van der Waals surface area contributed by atoms with E-state index < -0.39 is 5.91 Å². The summed E-state index contributed by atoms with van der Waals surface area (Å²) in [6.45, 7) is 0. The average molecular weight is 127 g/mol. The maximum Gasteiger partial charge on any atom is 0.334 e. The number of primary amides is 1. The van der Waals surface area contributed by atoms with Crippen LogP contribution in [0, 0.1) is 0 Å². The van der Waals surface area contributed by atoms with Crippen molar-refractivity contribution in [2.45, 2.75) is 0 Å². The molecule has 0 aromatic carbocycles. The molecule has 0 aliphatic carbocycles. The van der Waals surface area contributed by atoms with E-state index in [0.717, 1.165) is 0 Å². The van der Waals surface area contributed by atoms with Crippen molar-refractivity contribution in [3.8, 4) is 0 Å². The summed E-state index contributed by atoms with van der Waals surface area (Å²) >= 11 is 0. The first kappa shape index (κ1) is 5.81. The Kier molecular flexibility index (Phi) is 1.22. The third-order valence-electron chi connectivity index (χ3n) is 0.910. The summed E-state index contributed by atoms with van der Waals surface area (Å²) in [7, 11) is 1.75. The number of aromatic nitrogens is 1. The number of nitrogens with two attached hydrogens (primary N) is 1. The van der Waals surface area contributed by atoms with Crippen molar-refractivity contribution in [1.29, 1.82) is 0 Å². The standard InChI is InChI=1S/C5H6N2O2/c1-7-2-4(5(6)8)9-3-7/h2-3H,1H3,(H-,6,8)/p+1. The SMILES string of the molecule is C[n+]1coc(C(N)=O)c1. The van der Waals surface area contributed by atoms with Gasteiger partial charge in [0.05, 0.1) is 0 Å². The minimum absolute atomic E-state index is 0.178. The van der Waals surface area contributed by atoms with Gasteiger partial charge in [-0.1, -0.05) is 0 Å². The van der Waals surface area contributed by atoms with Crippen molar-refractivity contribution < 1.29 is 13.8 Å². The molecule has 2 N–H and O–H groups in total. The first-order chi connectivity index (χ1) is 4.20. The molecule has 0 spiro atoms. The highest BCUT2D eigenvalue weighted by Crippen LogP contribution is 1.90. The first-order valence-electron chi connectivity index (χ1n) is 2.43. The van der Waals surface area contributed by atoms with Gasteiger partial charge >= 0.3 is 6.39 Å². The first-order valence-corrected chi connectivity index (χ1v) is 2.43. The van der Waals surface area contributed by atoms with Crippen LogP contribution in [0.3, 0.4) is 0 Å². The zero-order valence-electron chi connectivity index (χ0n) is 5.00. The van der Waals surface area contributed by atoms with Gasteiger partial charge in [0.15, 0.2) is 0 Å². The summed E-state index contributed by atoms with van der Waals surface area (Å²) in [4.78, 5) is 10.3. The molecule has 0 saturated carbocycles. The van der Waals surface area contributed by atoms with Crippen LogP contribution >= 0.6 is 0 Å². The lowest BCUT2D eigenvalue weighted by molar-refractivity contribution is -0.674. The molecule has 48 valence electrons. The zero-order chi connectivity index (χ0) is 6.85. The van der Waals surface area contributed by atoms with E-state index in [1.807, 2.05) is 0 Å². The minimum atomic E-state index is -0.546. The van der Waals surface area contributed by atoms with Crippen molar-refractivity contribution >= 4 is 5.91 Å². The average Bonchev–Trinajstić information content (AvgIpc) is 2.14. The van der Waals surface area contributed by atoms with E-state index in [2.05, 4.69) is 0 Å². The van der Waals surface area contributed by atoms with Gasteiger partial charge in [0.25, 0.3) is 11.7 Å². The predicted octanol–water partition coefficient (Wildman–Crippen LogP) is -0.797. The highest BCUT2D eigenvalue weighted by Gasteiger charge is 2.08. The Morgan fingerprint density at radius 2 is 2.56 bits per heavy atom. The summed E-state index contributed by atoms with van der Waals surface area (Å²) in [5, 5.41) is 0. The number of oxazole rings is 1. The molecule has 1 aromatic heterocycles. The molecular formula is C5H7N2O2+. The Morgan fingerprint density at radius 1 is 1.89 bits per heavy atom. The number of amides is 1. The summed E-state index contributed by atoms with van der Waals surface area (Å²) in [5.74, 6) is -0.367. The topological polar surface area (TPSA) is 60.1 Å². The van der Waals surface area contributed by atoms with E-state index in [9.17, 15) is 4.79 Å². The number of rotatable bonds is 1. The molecule has 1 aromatic rings. The quantitative estimate of drug-likeness (QED) is 0.502. The van der Waals surface area contributed by atoms with Crippen LogP contribution in [0.15, 0.2) is 17.0 Å². The second kappa shape index (κ2) is 1.89. The normalized spacial score (nSPS) is 9.44. The largest absolute Gasteiger partial charge is 0.398 e. The molecule has 0 atom stereocenters. The molecule has 0 saturated heterocycles. The smallest absolute Gasteiger partial charge is 0.334 e. The molecule has 0 aliphatic rings. The van der Waals surface area contributed by atoms with Gasteiger partial charge in [-0.25, -0.2) is 0 Å². The fourth-order valence-electron chi connectivity index (χ4n) is 0.507. The fraction of sp³-hybridized carbons (Fsp3) is 0.200. The number of aryl methyl sites for hydroxylation is 1. The number of nitrogens with zero attached hydrogens (tertiary/aromatic N) is 1. The maximum absolute atomic E-state index is 10.3. The van der Waals surface area contributed by atoms with Gasteiger partial charge in [-0.05, 0) is 0 Å². The van der Waals surface area contributed by atoms with Crippen molar-refractivity contribution in [3.63, 3.8) is 0 Å². The molecule has 0 aliphatic heterocycles. The molecule has 0 unspecified atom stereocenters. The van der Waals surface area contributed by atoms with Crippen LogP contribution in [-0.2, 0) is 7.05 Å². The van der Waals surface area contributed by atoms with Crippen LogP contribution in [0.5, 0.6) is 0 Å². The van der Waals surface area contributed by atoms with Gasteiger partial charge in [-0.15, -0.1) is 0 Å². The van der Waals surface area contributed by atoms with Gasteiger partial charge < -0.3 is 10.2 Å². The molecule has 0 bridgehead atoms. The Balaban J connectivity index is 2.98. The van der Waals surface area contributed by atoms with Gasteiger partial charge in [0.1, 0.15) is 7.05 Å². The van der Waals surface area contributed by atoms with Crippen LogP contribution < -0.4 is 10.3 Å². The molecular weight excluding hydrogens is 120 g/mol. The van der Waals surface area contributed by atoms with E-state index in [0.29, 0.717) is 0 Å². The lowest BCUT2D eigenvalue weighted by Gasteiger charge is -1.75. The molecule has 0 fully saturated rings. The second-order valence-electron chi connectivity index (χ2n) is 1.75. The Morgan fingerprint density at radius 3 is 2.78 bits per heavy atom. The number of hydrogen-bond donors (Lipinski definition) is 1. The molecule has 0 radical (unpaired) electrons. The Hall–Kier alpha value is -1.32. The monoisotopic (exact) mass is 127 g/mol. The number of carbonyl (C=O) groups excluding carboxylic acids is 1. The second-order valence-corrected chi connectivity index (χ2v) is 1.75. The third-order valence-corrected chi connectivity index (χ3v) is 0.910. The summed E-state index contributed by atoms with van der Waals surface area (Å²) < 4.78 is 6.33. The lowest BCUT2D eigenvalue weighted by atomic mass is 10.5. The van der Waals surface area contributed by atoms with Crippen LogP contribution in [0.1, 0.15) is 10.6 Å². The highest BCUT2D eigenvalue weighted by atomic mass is 16.3. The predicted molar refractivity (Wildman–Crippen MR) is 28.4 cm³/mol. The van der Waals surface area contributed by atoms with Gasteiger partial charge in [-0.2, -0.15) is 4.57 Å². The van der Waals surface area contributed by atoms with Crippen LogP contribution in [-0.4, -0.2) is 5.91 Å². The zero-order valence-corrected chi connectivity index (χ0v) is 5.00. The summed E-state index contributed by atoms with van der Waals surface area (Å²) in [6.07, 6.45) is 2.92. The highest BCUT2D eigenvalue weighted by molar-refractivity contribution is 5.89.